The normalized spacial score (nSPS) is 11.4. The highest BCUT2D eigenvalue weighted by Gasteiger charge is 2.16. The monoisotopic (exact) mass is 476 g/mol. The maximum absolute atomic E-state index is 13.2. The van der Waals surface area contributed by atoms with Crippen LogP contribution < -0.4 is 14.3 Å². The summed E-state index contributed by atoms with van der Waals surface area (Å²) >= 11 is 1.30. The van der Waals surface area contributed by atoms with Crippen LogP contribution in [0.2, 0.25) is 0 Å². The molecule has 4 aromatic rings. The predicted molar refractivity (Wildman–Crippen MR) is 130 cm³/mol. The number of hydrogen-bond acceptors (Lipinski definition) is 6. The standard InChI is InChI=1S/C26H24N2O5S/c1-3-31-19-14-15-21-23(16-19)34-26(28(21)17-24(29)32-4-2)27-25(30)20-12-8-9-13-22(20)33-18-10-6-5-7-11-18/h5-16H,3-4,17H2,1-2H3. The zero-order valence-corrected chi connectivity index (χ0v) is 19.7. The van der Waals surface area contributed by atoms with Crippen LogP contribution in [0.15, 0.2) is 77.8 Å². The minimum absolute atomic E-state index is 0.0594. The fraction of sp³-hybridized carbons (Fsp3) is 0.192. The maximum atomic E-state index is 13.2. The van der Waals surface area contributed by atoms with Gasteiger partial charge in [0.15, 0.2) is 4.80 Å². The van der Waals surface area contributed by atoms with Crippen molar-refractivity contribution in [2.24, 2.45) is 4.99 Å². The Morgan fingerprint density at radius 1 is 0.912 bits per heavy atom. The van der Waals surface area contributed by atoms with Gasteiger partial charge in [0.25, 0.3) is 5.91 Å². The lowest BCUT2D eigenvalue weighted by atomic mass is 10.2. The van der Waals surface area contributed by atoms with Crippen molar-refractivity contribution in [2.45, 2.75) is 20.4 Å². The van der Waals surface area contributed by atoms with E-state index in [0.717, 1.165) is 10.2 Å². The van der Waals surface area contributed by atoms with E-state index in [1.807, 2.05) is 55.5 Å². The first-order valence-electron chi connectivity index (χ1n) is 10.9. The van der Waals surface area contributed by atoms with Gasteiger partial charge in [-0.15, -0.1) is 0 Å². The van der Waals surface area contributed by atoms with Gasteiger partial charge in [0, 0.05) is 0 Å². The number of carbonyl (C=O) groups is 2. The molecule has 4 rings (SSSR count). The highest BCUT2D eigenvalue weighted by molar-refractivity contribution is 7.16. The molecule has 0 fully saturated rings. The van der Waals surface area contributed by atoms with Crippen molar-refractivity contribution in [2.75, 3.05) is 13.2 Å². The van der Waals surface area contributed by atoms with Gasteiger partial charge in [-0.05, 0) is 56.3 Å². The van der Waals surface area contributed by atoms with Gasteiger partial charge in [-0.25, -0.2) is 0 Å². The van der Waals surface area contributed by atoms with Crippen LogP contribution in [0, 0.1) is 0 Å². The molecule has 0 bridgehead atoms. The summed E-state index contributed by atoms with van der Waals surface area (Å²) < 4.78 is 19.2. The third kappa shape index (κ3) is 5.35. The number of nitrogens with zero attached hydrogens (tertiary/aromatic N) is 2. The first-order valence-corrected chi connectivity index (χ1v) is 11.7. The van der Waals surface area contributed by atoms with E-state index in [2.05, 4.69) is 4.99 Å². The van der Waals surface area contributed by atoms with E-state index in [-0.39, 0.29) is 13.2 Å². The second-order valence-electron chi connectivity index (χ2n) is 7.17. The van der Waals surface area contributed by atoms with Gasteiger partial charge >= 0.3 is 5.97 Å². The zero-order valence-electron chi connectivity index (χ0n) is 18.9. The number of aromatic nitrogens is 1. The highest BCUT2D eigenvalue weighted by atomic mass is 32.1. The number of esters is 1. The number of rotatable bonds is 8. The number of amides is 1. The molecule has 0 aliphatic heterocycles. The number of para-hydroxylation sites is 2. The van der Waals surface area contributed by atoms with Gasteiger partial charge in [0.1, 0.15) is 23.8 Å². The average Bonchev–Trinajstić information content (AvgIpc) is 3.16. The van der Waals surface area contributed by atoms with E-state index < -0.39 is 11.9 Å². The van der Waals surface area contributed by atoms with Crippen molar-refractivity contribution in [1.82, 2.24) is 4.57 Å². The smallest absolute Gasteiger partial charge is 0.326 e. The summed E-state index contributed by atoms with van der Waals surface area (Å²) in [6.07, 6.45) is 0. The average molecular weight is 477 g/mol. The van der Waals surface area contributed by atoms with Crippen LogP contribution in [0.4, 0.5) is 0 Å². The highest BCUT2D eigenvalue weighted by Crippen LogP contribution is 2.26. The largest absolute Gasteiger partial charge is 0.494 e. The summed E-state index contributed by atoms with van der Waals surface area (Å²) in [5, 5.41) is 0. The third-order valence-corrected chi connectivity index (χ3v) is 5.88. The van der Waals surface area contributed by atoms with E-state index in [1.165, 1.54) is 11.3 Å². The van der Waals surface area contributed by atoms with Crippen LogP contribution in [0.1, 0.15) is 24.2 Å². The maximum Gasteiger partial charge on any atom is 0.326 e. The Labute approximate surface area is 200 Å². The fourth-order valence-electron chi connectivity index (χ4n) is 3.38. The Balaban J connectivity index is 1.76. The molecule has 0 atom stereocenters. The van der Waals surface area contributed by atoms with Crippen molar-refractivity contribution < 1.29 is 23.8 Å². The van der Waals surface area contributed by atoms with E-state index in [4.69, 9.17) is 14.2 Å². The van der Waals surface area contributed by atoms with Gasteiger partial charge in [-0.2, -0.15) is 4.99 Å². The quantitative estimate of drug-likeness (QED) is 0.327. The number of hydrogen-bond donors (Lipinski definition) is 0. The molecule has 0 aliphatic carbocycles. The minimum Gasteiger partial charge on any atom is -0.494 e. The summed E-state index contributed by atoms with van der Waals surface area (Å²) in [6.45, 7) is 4.41. The van der Waals surface area contributed by atoms with Crippen LogP contribution in [-0.2, 0) is 16.1 Å². The molecule has 7 nitrogen and oxygen atoms in total. The number of thiazole rings is 1. The summed E-state index contributed by atoms with van der Waals surface area (Å²) in [6, 6.07) is 21.7. The van der Waals surface area contributed by atoms with Gasteiger partial charge in [-0.3, -0.25) is 9.59 Å². The molecule has 0 saturated heterocycles. The van der Waals surface area contributed by atoms with Gasteiger partial charge < -0.3 is 18.8 Å². The number of fused-ring (bicyclic) bond motifs is 1. The predicted octanol–water partition coefficient (Wildman–Crippen LogP) is 5.20. The molecular weight excluding hydrogens is 452 g/mol. The molecule has 1 heterocycles. The van der Waals surface area contributed by atoms with Crippen LogP contribution in [0.25, 0.3) is 10.2 Å². The molecule has 1 amide bonds. The molecule has 1 aromatic heterocycles. The van der Waals surface area contributed by atoms with Crippen molar-refractivity contribution in [1.29, 1.82) is 0 Å². The molecular formula is C26H24N2O5S. The van der Waals surface area contributed by atoms with Crippen LogP contribution >= 0.6 is 11.3 Å². The molecule has 34 heavy (non-hydrogen) atoms. The van der Waals surface area contributed by atoms with Crippen molar-refractivity contribution in [3.8, 4) is 17.2 Å². The molecule has 0 unspecified atom stereocenters. The van der Waals surface area contributed by atoms with Crippen LogP contribution in [0.5, 0.6) is 17.2 Å². The Kier molecular flexibility index (Phi) is 7.39. The Bertz CT molecular complexity index is 1370. The number of ether oxygens (including phenoxy) is 3. The summed E-state index contributed by atoms with van der Waals surface area (Å²) in [5.41, 5.74) is 1.09. The van der Waals surface area contributed by atoms with E-state index in [9.17, 15) is 9.59 Å². The van der Waals surface area contributed by atoms with Gasteiger partial charge in [-0.1, -0.05) is 41.7 Å². The van der Waals surface area contributed by atoms with Crippen LogP contribution in [-0.4, -0.2) is 29.7 Å². The molecule has 0 N–H and O–H groups in total. The molecule has 0 aliphatic rings. The molecule has 174 valence electrons. The van der Waals surface area contributed by atoms with Crippen LogP contribution in [0.3, 0.4) is 0 Å². The van der Waals surface area contributed by atoms with E-state index in [1.54, 1.807) is 35.8 Å². The van der Waals surface area contributed by atoms with Crippen molar-refractivity contribution >= 4 is 33.4 Å². The first-order chi connectivity index (χ1) is 16.6. The molecule has 3 aromatic carbocycles. The summed E-state index contributed by atoms with van der Waals surface area (Å²) in [5.74, 6) is 0.849. The van der Waals surface area contributed by atoms with E-state index in [0.29, 0.717) is 34.2 Å². The third-order valence-electron chi connectivity index (χ3n) is 4.84. The van der Waals surface area contributed by atoms with E-state index >= 15 is 0 Å². The molecule has 8 heteroatoms. The lowest BCUT2D eigenvalue weighted by Gasteiger charge is -2.09. The Morgan fingerprint density at radius 3 is 2.44 bits per heavy atom. The topological polar surface area (TPSA) is 79.1 Å². The second kappa shape index (κ2) is 10.8. The number of carbonyl (C=O) groups excluding carboxylic acids is 2. The van der Waals surface area contributed by atoms with Crippen molar-refractivity contribution in [3.05, 3.63) is 83.2 Å². The minimum atomic E-state index is -0.472. The first kappa shape index (κ1) is 23.3. The number of benzene rings is 3. The summed E-state index contributed by atoms with van der Waals surface area (Å²) in [4.78, 5) is 30.3. The Hall–Kier alpha value is -3.91. The second-order valence-corrected chi connectivity index (χ2v) is 8.18. The van der Waals surface area contributed by atoms with Crippen molar-refractivity contribution in [3.63, 3.8) is 0 Å². The Morgan fingerprint density at radius 2 is 1.68 bits per heavy atom. The lowest BCUT2D eigenvalue weighted by Crippen LogP contribution is -2.23. The zero-order chi connectivity index (χ0) is 23.9. The molecule has 0 saturated carbocycles. The van der Waals surface area contributed by atoms with Gasteiger partial charge in [0.2, 0.25) is 0 Å². The van der Waals surface area contributed by atoms with Gasteiger partial charge in [0.05, 0.1) is 29.0 Å². The lowest BCUT2D eigenvalue weighted by molar-refractivity contribution is -0.143. The summed E-state index contributed by atoms with van der Waals surface area (Å²) in [7, 11) is 0. The SMILES string of the molecule is CCOC(=O)Cn1c(=NC(=O)c2ccccc2Oc2ccccc2)sc2cc(OCC)ccc21. The molecule has 0 radical (unpaired) electrons. The molecule has 0 spiro atoms. The fourth-order valence-corrected chi connectivity index (χ4v) is 4.43.